The van der Waals surface area contributed by atoms with Crippen molar-refractivity contribution in [1.29, 1.82) is 0 Å². The molecule has 0 amide bonds. The van der Waals surface area contributed by atoms with Gasteiger partial charge in [-0.2, -0.15) is 0 Å². The summed E-state index contributed by atoms with van der Waals surface area (Å²) in [4.78, 5) is 0. The largest absolute Gasteiger partial charge is 0.457 e. The van der Waals surface area contributed by atoms with Crippen molar-refractivity contribution in [2.45, 2.75) is 0 Å². The summed E-state index contributed by atoms with van der Waals surface area (Å²) in [6.07, 6.45) is 0. The van der Waals surface area contributed by atoms with Gasteiger partial charge in [-0.15, -0.1) is 21.9 Å². The van der Waals surface area contributed by atoms with Gasteiger partial charge in [0, 0.05) is 38.3 Å². The number of rotatable bonds is 3. The molecule has 0 aliphatic heterocycles. The van der Waals surface area contributed by atoms with Crippen LogP contribution in [0.5, 0.6) is 0 Å². The molecule has 25 heteroatoms. The molecule has 3 aromatic heterocycles. The van der Waals surface area contributed by atoms with Crippen LogP contribution in [-0.2, 0) is 0 Å². The van der Waals surface area contributed by atoms with Gasteiger partial charge in [0.05, 0.1) is 0 Å². The fourth-order valence-corrected chi connectivity index (χ4v) is 12.7. The van der Waals surface area contributed by atoms with Crippen LogP contribution in [0.4, 0.5) is 0 Å². The van der Waals surface area contributed by atoms with E-state index in [4.69, 9.17) is 8.83 Å². The van der Waals surface area contributed by atoms with Crippen LogP contribution >= 0.6 is 0 Å². The zero-order valence-corrected chi connectivity index (χ0v) is 44.5. The lowest BCUT2D eigenvalue weighted by Gasteiger charge is -2.23. The van der Waals surface area contributed by atoms with Crippen molar-refractivity contribution in [3.05, 3.63) is 18.2 Å². The van der Waals surface area contributed by atoms with Crippen molar-refractivity contribution in [1.82, 2.24) is 4.57 Å². The first kappa shape index (κ1) is 46.1. The topological polar surface area (TPSA) is 31.2 Å². The van der Waals surface area contributed by atoms with Gasteiger partial charge in [-0.25, -0.2) is 0 Å². The molecule has 3 nitrogen and oxygen atoms in total. The van der Waals surface area contributed by atoms with E-state index in [1.807, 2.05) is 0 Å². The maximum Gasteiger partial charge on any atom is 0.143 e. The average Bonchev–Trinajstić information content (AvgIpc) is 4.02. The van der Waals surface area contributed by atoms with Gasteiger partial charge in [-0.3, -0.25) is 0 Å². The lowest BCUT2D eigenvalue weighted by molar-refractivity contribution is 0.674. The molecular formula is C42H47B22NO2. The fraction of sp³-hybridized carbons (Fsp3) is 0. The molecule has 0 atom stereocenters. The molecule has 0 fully saturated rings. The van der Waals surface area contributed by atoms with Crippen LogP contribution in [0.1, 0.15) is 0 Å². The summed E-state index contributed by atoms with van der Waals surface area (Å²) in [7, 11) is 50.5. The molecule has 298 valence electrons. The Balaban J connectivity index is 1.44. The van der Waals surface area contributed by atoms with E-state index < -0.39 is 0 Å². The Hall–Kier alpha value is -4.63. The van der Waals surface area contributed by atoms with Crippen molar-refractivity contribution in [2.24, 2.45) is 0 Å². The zero-order chi connectivity index (χ0) is 48.6. The second kappa shape index (κ2) is 15.4. The average molecular weight is 836 g/mol. The number of fused-ring (bicyclic) bond motifs is 9. The highest BCUT2D eigenvalue weighted by atomic mass is 16.3. The summed E-state index contributed by atoms with van der Waals surface area (Å²) in [5.41, 5.74) is 41.6. The third-order valence-corrected chi connectivity index (χ3v) is 18.4. The summed E-state index contributed by atoms with van der Waals surface area (Å²) in [6.45, 7) is 0. The number of furan rings is 2. The van der Waals surface area contributed by atoms with Crippen LogP contribution in [0.25, 0.3) is 93.6 Å². The molecule has 0 bridgehead atoms. The molecule has 0 saturated heterocycles. The predicted molar refractivity (Wildman–Crippen MR) is 366 cm³/mol. The molecule has 10 rings (SSSR count). The van der Waals surface area contributed by atoms with Crippen LogP contribution in [0.15, 0.2) is 27.0 Å². The first-order chi connectivity index (χ1) is 31.5. The quantitative estimate of drug-likeness (QED) is 0.166. The SMILES string of the molecule is Bc1c(B)c(B)c2c(oc3c(B)c(B)c(-c4cc(-c5c(B)c(B)c6oc7c(B)c(B)c(B)c(B)c7c6c5B)cc(-n5c6c(B)c(B)c(B)c(B)c6c6c(B)c(B)c(B)c(B)c65)c4)c(B)c32)c1B. The molecule has 0 radical (unpaired) electrons. The number of aromatic nitrogens is 1. The van der Waals surface area contributed by atoms with Crippen LogP contribution < -0.4 is 120 Å². The first-order valence-electron chi connectivity index (χ1n) is 24.5. The Kier molecular flexibility index (Phi) is 10.6. The van der Waals surface area contributed by atoms with E-state index in [1.165, 1.54) is 191 Å². The third-order valence-electron chi connectivity index (χ3n) is 18.4. The van der Waals surface area contributed by atoms with Gasteiger partial charge in [-0.05, 0) is 51.2 Å². The van der Waals surface area contributed by atoms with E-state index in [-0.39, 0.29) is 0 Å². The summed E-state index contributed by atoms with van der Waals surface area (Å²) >= 11 is 0. The second-order valence-electron chi connectivity index (χ2n) is 21.1. The van der Waals surface area contributed by atoms with Gasteiger partial charge in [0.2, 0.25) is 0 Å². The molecule has 3 heterocycles. The Morgan fingerprint density at radius 2 is 0.493 bits per heavy atom. The van der Waals surface area contributed by atoms with Gasteiger partial charge in [0.25, 0.3) is 0 Å². The van der Waals surface area contributed by atoms with Gasteiger partial charge < -0.3 is 13.4 Å². The number of benzene rings is 7. The van der Waals surface area contributed by atoms with Crippen LogP contribution in [0.2, 0.25) is 0 Å². The van der Waals surface area contributed by atoms with Crippen molar-refractivity contribution in [3.63, 3.8) is 0 Å². The van der Waals surface area contributed by atoms with Crippen LogP contribution in [-0.4, -0.2) is 177 Å². The molecular weight excluding hydrogens is 788 g/mol. The highest BCUT2D eigenvalue weighted by Gasteiger charge is 2.28. The highest BCUT2D eigenvalue weighted by molar-refractivity contribution is 6.74. The van der Waals surface area contributed by atoms with Crippen molar-refractivity contribution in [3.8, 4) is 27.9 Å². The smallest absolute Gasteiger partial charge is 0.143 e. The molecule has 0 saturated carbocycles. The van der Waals surface area contributed by atoms with Gasteiger partial charge in [0.15, 0.2) is 0 Å². The van der Waals surface area contributed by atoms with Crippen molar-refractivity contribution >= 4 is 358 Å². The van der Waals surface area contributed by atoms with Crippen LogP contribution in [0, 0.1) is 0 Å². The Bertz CT molecular complexity index is 3770. The predicted octanol–water partition coefficient (Wildman–Crippen LogP) is -26.4. The second-order valence-corrected chi connectivity index (χ2v) is 21.1. The Morgan fingerprint density at radius 1 is 0.239 bits per heavy atom. The highest BCUT2D eigenvalue weighted by Crippen LogP contribution is 2.35. The lowest BCUT2D eigenvalue weighted by atomic mass is 9.63. The first-order valence-corrected chi connectivity index (χ1v) is 24.5. The lowest BCUT2D eigenvalue weighted by Crippen LogP contribution is -2.49. The van der Waals surface area contributed by atoms with E-state index in [0.29, 0.717) is 0 Å². The molecule has 67 heavy (non-hydrogen) atoms. The van der Waals surface area contributed by atoms with E-state index in [2.05, 4.69) is 195 Å². The maximum atomic E-state index is 6.98. The minimum absolute atomic E-state index is 1.01. The van der Waals surface area contributed by atoms with Crippen molar-refractivity contribution < 1.29 is 8.83 Å². The summed E-state index contributed by atoms with van der Waals surface area (Å²) in [5.74, 6) is 0. The molecule has 7 aromatic carbocycles. The third kappa shape index (κ3) is 5.91. The van der Waals surface area contributed by atoms with E-state index in [1.54, 1.807) is 0 Å². The number of nitrogens with zero attached hydrogens (tertiary/aromatic N) is 1. The Morgan fingerprint density at radius 3 is 0.821 bits per heavy atom. The van der Waals surface area contributed by atoms with E-state index in [9.17, 15) is 0 Å². The molecule has 0 aliphatic rings. The van der Waals surface area contributed by atoms with Gasteiger partial charge >= 0.3 is 0 Å². The summed E-state index contributed by atoms with van der Waals surface area (Å²) in [5, 5.41) is 7.73. The fourth-order valence-electron chi connectivity index (χ4n) is 12.7. The minimum atomic E-state index is 1.01. The van der Waals surface area contributed by atoms with Crippen LogP contribution in [0.3, 0.4) is 0 Å². The zero-order valence-electron chi connectivity index (χ0n) is 44.5. The standard InChI is InChI=1S/C42H47B22NO2/c43-15-7(17(45)33(61)39-11(15)13-21(49)25(53)29(57)35(63)41(13)66-39)4-1-5(8-16(44)12-14-22(50)26(54)30(58)36(64)42(14)67-40(12)34(62)18(8)46)3-6(2-4)65-37-9(19(47)23(51)27(55)31(37)59)10-20(48)24(52)28(56)32(60)38(10)65/h1-3H,43-64H2. The van der Waals surface area contributed by atoms with Crippen molar-refractivity contribution in [2.75, 3.05) is 0 Å². The van der Waals surface area contributed by atoms with Gasteiger partial charge in [0.1, 0.15) is 195 Å². The van der Waals surface area contributed by atoms with Gasteiger partial charge in [-0.1, -0.05) is 98.3 Å². The molecule has 0 N–H and O–H groups in total. The number of hydrogen-bond donors (Lipinski definition) is 0. The van der Waals surface area contributed by atoms with E-state index >= 15 is 0 Å². The summed E-state index contributed by atoms with van der Waals surface area (Å²) in [6, 6.07) is 7.52. The van der Waals surface area contributed by atoms with E-state index in [0.717, 1.165) is 22.3 Å². The molecule has 0 spiro atoms. The monoisotopic (exact) mass is 840 g/mol. The minimum Gasteiger partial charge on any atom is -0.457 e. The number of hydrogen-bond acceptors (Lipinski definition) is 2. The summed E-state index contributed by atoms with van der Waals surface area (Å²) < 4.78 is 16.6. The Labute approximate surface area is 415 Å². The normalized spacial score (nSPS) is 12.0. The molecule has 10 aromatic rings. The molecule has 0 unspecified atom stereocenters. The maximum absolute atomic E-state index is 6.98. The molecule has 0 aliphatic carbocycles.